The zero-order valence-electron chi connectivity index (χ0n) is 45.3. The molecule has 0 amide bonds. The van der Waals surface area contributed by atoms with E-state index in [-0.39, 0.29) is 49.1 Å². The Morgan fingerprint density at radius 3 is 2.22 bits per heavy atom. The van der Waals surface area contributed by atoms with Crippen LogP contribution in [0.25, 0.3) is 0 Å². The fourth-order valence-electron chi connectivity index (χ4n) is 11.7. The lowest BCUT2D eigenvalue weighted by Crippen LogP contribution is -2.70. The van der Waals surface area contributed by atoms with Crippen molar-refractivity contribution in [2.24, 2.45) is 24.8 Å². The highest BCUT2D eigenvalue weighted by Crippen LogP contribution is 2.44. The number of β-amino-alcohol motifs (C(OH)–C–C–N with tert-alkyl or cyclic N) is 1. The number of piperidine rings is 1. The summed E-state index contributed by atoms with van der Waals surface area (Å²) in [5.74, 6) is -3.55. The number of cyclic esters (lactones) is 1. The van der Waals surface area contributed by atoms with Crippen molar-refractivity contribution >= 4 is 16.0 Å². The van der Waals surface area contributed by atoms with Crippen LogP contribution < -0.4 is 10.1 Å². The Hall–Kier alpha value is -2.90. The summed E-state index contributed by atoms with van der Waals surface area (Å²) >= 11 is 0. The smallest absolute Gasteiger partial charge is 0.311 e. The number of likely N-dealkylation sites (tertiary alicyclic amines) is 1. The van der Waals surface area contributed by atoms with Gasteiger partial charge in [-0.25, -0.2) is 17.8 Å². The molecular weight excluding hydrogens is 970 g/mol. The van der Waals surface area contributed by atoms with Gasteiger partial charge in [-0.05, 0) is 130 Å². The maximum absolute atomic E-state index is 14.8. The zero-order chi connectivity index (χ0) is 54.0. The Kier molecular flexibility index (Phi) is 19.3. The first kappa shape index (κ1) is 59.3. The van der Waals surface area contributed by atoms with Crippen molar-refractivity contribution in [2.45, 2.75) is 209 Å². The lowest BCUT2D eigenvalue weighted by atomic mass is 9.74. The number of ether oxygens (including phenoxy) is 7. The molecule has 4 fully saturated rings. The summed E-state index contributed by atoms with van der Waals surface area (Å²) in [5.41, 5.74) is -6.37. The van der Waals surface area contributed by atoms with Gasteiger partial charge in [0, 0.05) is 58.5 Å². The van der Waals surface area contributed by atoms with Crippen LogP contribution in [0.1, 0.15) is 114 Å². The van der Waals surface area contributed by atoms with Crippen molar-refractivity contribution < 1.29 is 71.2 Å². The third-order valence-corrected chi connectivity index (χ3v) is 18.2. The maximum atomic E-state index is 14.8. The quantitative estimate of drug-likeness (QED) is 0.178. The number of sulfonamides is 1. The topological polar surface area (TPSA) is 233 Å². The largest absolute Gasteiger partial charge is 0.483 e. The van der Waals surface area contributed by atoms with E-state index in [4.69, 9.17) is 33.2 Å². The summed E-state index contributed by atoms with van der Waals surface area (Å²) in [6, 6.07) is 3.58. The van der Waals surface area contributed by atoms with E-state index in [2.05, 4.69) is 15.2 Å². The average molecular weight is 1060 g/mol. The number of hydrogen-bond donors (Lipinski definition) is 5. The van der Waals surface area contributed by atoms with Crippen LogP contribution in [-0.4, -0.2) is 184 Å². The summed E-state index contributed by atoms with van der Waals surface area (Å²) in [6.45, 7) is 19.4. The number of halogens is 1. The molecule has 18 atom stereocenters. The van der Waals surface area contributed by atoms with Crippen LogP contribution in [0.2, 0.25) is 0 Å². The number of imidazole rings is 1. The van der Waals surface area contributed by atoms with Gasteiger partial charge in [-0.2, -0.15) is 4.31 Å². The van der Waals surface area contributed by atoms with Gasteiger partial charge in [0.25, 0.3) is 10.0 Å². The molecule has 0 bridgehead atoms. The molecule has 6 rings (SSSR count). The van der Waals surface area contributed by atoms with Crippen molar-refractivity contribution in [2.75, 3.05) is 40.3 Å². The van der Waals surface area contributed by atoms with E-state index in [1.807, 2.05) is 13.8 Å². The summed E-state index contributed by atoms with van der Waals surface area (Å²) in [4.78, 5) is 21.1. The first-order chi connectivity index (χ1) is 34.1. The van der Waals surface area contributed by atoms with Crippen LogP contribution in [-0.2, 0) is 50.3 Å². The number of hydrogen-bond acceptors (Lipinski definition) is 17. The molecule has 0 spiro atoms. The molecule has 1 aromatic carbocycles. The number of aliphatic hydroxyl groups excluding tert-OH is 1. The van der Waals surface area contributed by atoms with Gasteiger partial charge in [0.05, 0.1) is 42.0 Å². The predicted octanol–water partition coefficient (Wildman–Crippen LogP) is 4.13. The first-order valence-electron chi connectivity index (χ1n) is 26.2. The Bertz CT molecular complexity index is 2220. The molecule has 5 N–H and O–H groups in total. The number of carbonyl (C=O) groups excluding carboxylic acids is 1. The van der Waals surface area contributed by atoms with E-state index in [0.717, 1.165) is 32.4 Å². The number of benzene rings is 1. The highest BCUT2D eigenvalue weighted by molar-refractivity contribution is 7.89. The molecule has 0 aliphatic carbocycles. The van der Waals surface area contributed by atoms with Crippen molar-refractivity contribution in [1.29, 1.82) is 0 Å². The van der Waals surface area contributed by atoms with E-state index in [1.54, 1.807) is 55.5 Å². The minimum Gasteiger partial charge on any atom is -0.483 e. The second kappa shape index (κ2) is 23.8. The van der Waals surface area contributed by atoms with Gasteiger partial charge in [0.1, 0.15) is 40.6 Å². The summed E-state index contributed by atoms with van der Waals surface area (Å²) in [5, 5.41) is 52.2. The molecule has 4 aliphatic rings. The average Bonchev–Trinajstić information content (AvgIpc) is 3.79. The van der Waals surface area contributed by atoms with E-state index < -0.39 is 123 Å². The third-order valence-electron chi connectivity index (χ3n) is 16.4. The van der Waals surface area contributed by atoms with E-state index >= 15 is 0 Å². The fourth-order valence-corrected chi connectivity index (χ4v) is 13.2. The van der Waals surface area contributed by atoms with Crippen LogP contribution in [0, 0.1) is 23.6 Å². The van der Waals surface area contributed by atoms with Crippen LogP contribution in [0.4, 0.5) is 4.39 Å². The highest BCUT2D eigenvalue weighted by atomic mass is 32.2. The maximum Gasteiger partial charge on any atom is 0.311 e. The molecule has 4 aliphatic heterocycles. The normalized spacial score (nSPS) is 41.2. The summed E-state index contributed by atoms with van der Waals surface area (Å²) in [7, 11) is 0.244. The second-order valence-corrected chi connectivity index (χ2v) is 24.2. The van der Waals surface area contributed by atoms with Gasteiger partial charge in [-0.1, -0.05) is 27.2 Å². The van der Waals surface area contributed by atoms with Crippen LogP contribution >= 0.6 is 0 Å². The number of nitrogens with one attached hydrogen (secondary N) is 1. The zero-order valence-corrected chi connectivity index (χ0v) is 46.1. The van der Waals surface area contributed by atoms with E-state index in [1.165, 1.54) is 66.6 Å². The van der Waals surface area contributed by atoms with Gasteiger partial charge >= 0.3 is 5.97 Å². The number of aromatic nitrogens is 2. The molecule has 2 aromatic rings. The number of likely N-dealkylation sites (N-methyl/N-ethyl adjacent to an activating group) is 1. The number of esters is 1. The second-order valence-electron chi connectivity index (χ2n) is 22.3. The lowest BCUT2D eigenvalue weighted by Gasteiger charge is -2.55. The van der Waals surface area contributed by atoms with Gasteiger partial charge < -0.3 is 68.4 Å². The van der Waals surface area contributed by atoms with Crippen molar-refractivity contribution in [3.05, 3.63) is 42.5 Å². The van der Waals surface area contributed by atoms with E-state index in [9.17, 15) is 38.0 Å². The minimum atomic E-state index is -4.28. The molecule has 5 heterocycles. The third kappa shape index (κ3) is 12.9. The minimum absolute atomic E-state index is 0.0273. The molecule has 416 valence electrons. The Morgan fingerprint density at radius 1 is 0.959 bits per heavy atom. The van der Waals surface area contributed by atoms with Crippen molar-refractivity contribution in [3.63, 3.8) is 0 Å². The Labute approximate surface area is 432 Å². The molecule has 4 saturated heterocycles. The molecule has 1 aromatic heterocycles. The summed E-state index contributed by atoms with van der Waals surface area (Å²) < 4.78 is 92.0. The van der Waals surface area contributed by atoms with Gasteiger partial charge in [0.2, 0.25) is 5.16 Å². The van der Waals surface area contributed by atoms with Gasteiger partial charge in [-0.3, -0.25) is 4.79 Å². The molecular formula is C52H86FN5O14S. The number of aryl methyl sites for hydroxylation is 1. The molecule has 3 unspecified atom stereocenters. The van der Waals surface area contributed by atoms with Gasteiger partial charge in [-0.15, -0.1) is 0 Å². The number of rotatable bonds is 13. The molecule has 0 radical (unpaired) electrons. The molecule has 0 saturated carbocycles. The Morgan fingerprint density at radius 2 is 1.62 bits per heavy atom. The monoisotopic (exact) mass is 1060 g/mol. The fraction of sp³-hybridized carbons (Fsp3) is 0.808. The molecule has 73 heavy (non-hydrogen) atoms. The SMILES string of the molecule is CC[C@H]1OC(=O)[C@H](C)[C@@H](OC2CC(C)(OC)C(O)(CN3CCCCC3)[C@@H](C)O2)[C@H](C)[C@@H](O[C@@H]2O[C@H](C)C[C@H](N(C)S(=O)(=O)c3nccn3C)[C@H]2Oc2ccc(F)cc2)[C@](C)(O)C[C@@H](C)CN[C@H](C)[C@@H](O)[C@]1(C)O. The number of nitrogens with zero attached hydrogens (tertiary/aromatic N) is 4. The summed E-state index contributed by atoms with van der Waals surface area (Å²) in [6.07, 6.45) is -3.89. The number of carbonyl (C=O) groups is 1. The number of methoxy groups -OCH3 is 1. The predicted molar refractivity (Wildman–Crippen MR) is 268 cm³/mol. The molecule has 19 nitrogen and oxygen atoms in total. The van der Waals surface area contributed by atoms with Crippen LogP contribution in [0.3, 0.4) is 0 Å². The van der Waals surface area contributed by atoms with Crippen molar-refractivity contribution in [1.82, 2.24) is 24.1 Å². The van der Waals surface area contributed by atoms with Crippen molar-refractivity contribution in [3.8, 4) is 5.75 Å². The lowest BCUT2D eigenvalue weighted by molar-refractivity contribution is -0.338. The van der Waals surface area contributed by atoms with Crippen LogP contribution in [0.15, 0.2) is 41.8 Å². The van der Waals surface area contributed by atoms with Crippen LogP contribution in [0.5, 0.6) is 5.75 Å². The van der Waals surface area contributed by atoms with E-state index in [0.29, 0.717) is 6.54 Å². The standard InChI is InChI=1S/C52H86FN5O14S/c1-14-40-51(10,62)44(59)35(6)55-29-31(2)27-49(8,61)45(33(4)42(34(5)46(60)70-40)71-41-28-50(9,66-13)52(63,36(7)68-41)30-58-23-16-15-17-24-58)72-47-43(69-38-20-18-37(53)19-21-38)39(26-32(3)67-47)57(12)73(64,65)48-54-22-25-56(48)11/h18-22,25,31-36,39-45,47,55,59,61-63H,14-17,23-24,26-30H2,1-13H3/t31-,32-,33+,34-,35-,36-,39+,40-,41?,42+,43-,44-,45-,47+,49-,50?,51-,52?/m1/s1. The highest BCUT2D eigenvalue weighted by Gasteiger charge is 2.59. The first-order valence-corrected chi connectivity index (χ1v) is 27.6. The Balaban J connectivity index is 1.46. The molecule has 21 heteroatoms. The number of aliphatic hydroxyl groups is 4. The van der Waals surface area contributed by atoms with Gasteiger partial charge in [0.15, 0.2) is 18.7 Å².